The van der Waals surface area contributed by atoms with Crippen molar-refractivity contribution in [3.8, 4) is 0 Å². The van der Waals surface area contributed by atoms with Crippen LogP contribution in [-0.2, 0) is 9.47 Å². The van der Waals surface area contributed by atoms with Crippen molar-refractivity contribution >= 4 is 80.1 Å². The van der Waals surface area contributed by atoms with Gasteiger partial charge < -0.3 is 14.6 Å². The summed E-state index contributed by atoms with van der Waals surface area (Å²) >= 11 is 3.55. The van der Waals surface area contributed by atoms with Crippen LogP contribution in [0.2, 0.25) is 0 Å². The molecule has 0 spiro atoms. The number of rotatable bonds is 15. The van der Waals surface area contributed by atoms with E-state index in [0.29, 0.717) is 24.6 Å². The second-order valence-electron chi connectivity index (χ2n) is 22.0. The molecule has 17 nitrogen and oxygen atoms in total. The average molecular weight is 1130 g/mol. The minimum atomic E-state index is -0.930. The molecule has 6 heterocycles. The number of aromatic nitrogens is 3. The largest absolute Gasteiger partial charge is 0.477 e. The van der Waals surface area contributed by atoms with Crippen molar-refractivity contribution in [1.82, 2.24) is 27.8 Å². The van der Waals surface area contributed by atoms with E-state index in [1.54, 1.807) is 6.07 Å². The van der Waals surface area contributed by atoms with Crippen LogP contribution in [0.15, 0.2) is 109 Å². The minimum absolute atomic E-state index is 0.121. The molecular formula is C59H72N8O9S3. The number of aromatic carboxylic acids is 1. The lowest BCUT2D eigenvalue weighted by Gasteiger charge is -2.32. The number of carbonyl (C=O) groups excluding carboxylic acids is 5. The molecule has 2 amide bonds. The molecule has 3 saturated heterocycles. The van der Waals surface area contributed by atoms with Crippen molar-refractivity contribution < 1.29 is 43.3 Å². The normalized spacial score (nSPS) is 18.1. The predicted octanol–water partition coefficient (Wildman–Crippen LogP) is 12.0. The summed E-state index contributed by atoms with van der Waals surface area (Å²) in [4.78, 5) is 79.1. The van der Waals surface area contributed by atoms with E-state index in [1.807, 2.05) is 145 Å². The lowest BCUT2D eigenvalue weighted by molar-refractivity contribution is 0.0625. The summed E-state index contributed by atoms with van der Waals surface area (Å²) in [5, 5.41) is 16.0. The van der Waals surface area contributed by atoms with Crippen molar-refractivity contribution in [2.24, 2.45) is 0 Å². The molecule has 0 saturated carbocycles. The number of nitrogens with one attached hydrogen (secondary N) is 2. The standard InChI is InChI=1S/2C21H27N3O3S.C17H18N2O3S/c1-21(2,3)27-20(26)23-19-17(12-22-28-19)16-10-7-11-24(13-16)14-18(25)15-8-5-4-6-9-15;1-21(2,3)27-20(26)22-19-12-17(23-28-19)16-10-7-11-24(13-16)14-18(25)15-8-5-4-6-9-15;20-15(12-5-2-1-3-6-12)11-19-8-4-7-13(10-19)14-9-16(17(21)22)23-18-14/h4-6,8-9,12,16H,7,10-11,13-14H2,1-3H3,(H,23,26);4-6,8-9,12,16H,7,10-11,13-14H2,1-3H3,(H,22,26);1-3,5-6,9,13H,4,7-8,10-11H2,(H,21,22). The van der Waals surface area contributed by atoms with Crippen molar-refractivity contribution in [2.75, 3.05) is 69.5 Å². The van der Waals surface area contributed by atoms with E-state index in [-0.39, 0.29) is 40.0 Å². The lowest BCUT2D eigenvalue weighted by atomic mass is 9.92. The number of likely N-dealkylation sites (tertiary alicyclic amines) is 3. The van der Waals surface area contributed by atoms with E-state index >= 15 is 0 Å². The van der Waals surface area contributed by atoms with Crippen molar-refractivity contribution in [3.63, 3.8) is 0 Å². The van der Waals surface area contributed by atoms with Crippen LogP contribution in [0.3, 0.4) is 0 Å². The van der Waals surface area contributed by atoms with Crippen LogP contribution in [0.1, 0.15) is 156 Å². The Hall–Kier alpha value is -6.55. The highest BCUT2D eigenvalue weighted by Gasteiger charge is 2.30. The van der Waals surface area contributed by atoms with Crippen molar-refractivity contribution in [3.05, 3.63) is 148 Å². The highest BCUT2D eigenvalue weighted by molar-refractivity contribution is 7.10. The van der Waals surface area contributed by atoms with Crippen LogP contribution < -0.4 is 10.6 Å². The Morgan fingerprint density at radius 2 is 0.962 bits per heavy atom. The number of carbonyl (C=O) groups is 6. The first kappa shape index (κ1) is 60.1. The molecule has 3 N–H and O–H groups in total. The van der Waals surface area contributed by atoms with E-state index in [2.05, 4.69) is 38.5 Å². The molecule has 3 atom stereocenters. The fraction of sp³-hybridized carbons (Fsp3) is 0.441. The van der Waals surface area contributed by atoms with Crippen LogP contribution in [0.5, 0.6) is 0 Å². The Labute approximate surface area is 475 Å². The van der Waals surface area contributed by atoms with Gasteiger partial charge in [-0.25, -0.2) is 14.4 Å². The maximum absolute atomic E-state index is 12.5. The van der Waals surface area contributed by atoms with E-state index in [4.69, 9.17) is 14.6 Å². The number of hydrogen-bond donors (Lipinski definition) is 3. The van der Waals surface area contributed by atoms with Gasteiger partial charge in [0.25, 0.3) is 0 Å². The molecule has 0 bridgehead atoms. The van der Waals surface area contributed by atoms with E-state index in [9.17, 15) is 28.8 Å². The third-order valence-corrected chi connectivity index (χ3v) is 15.5. The van der Waals surface area contributed by atoms with Gasteiger partial charge >= 0.3 is 18.2 Å². The molecule has 420 valence electrons. The van der Waals surface area contributed by atoms with Crippen molar-refractivity contribution in [1.29, 1.82) is 0 Å². The number of piperidine rings is 3. The number of amides is 2. The summed E-state index contributed by atoms with van der Waals surface area (Å²) in [6.07, 6.45) is 6.94. The number of nitrogens with zero attached hydrogens (tertiary/aromatic N) is 6. The van der Waals surface area contributed by atoms with Crippen molar-refractivity contribution in [2.45, 2.75) is 109 Å². The number of carboxylic acid groups (broad SMARTS) is 1. The van der Waals surface area contributed by atoms with E-state index < -0.39 is 29.4 Å². The highest BCUT2D eigenvalue weighted by atomic mass is 32.1. The molecule has 3 aliphatic heterocycles. The smallest absolute Gasteiger partial charge is 0.412 e. The molecular weight excluding hydrogens is 1060 g/mol. The van der Waals surface area contributed by atoms with Gasteiger partial charge in [-0.3, -0.25) is 39.7 Å². The quantitative estimate of drug-likeness (QED) is 0.0816. The van der Waals surface area contributed by atoms with Gasteiger partial charge in [0.1, 0.15) is 26.1 Å². The summed E-state index contributed by atoms with van der Waals surface area (Å²) < 4.78 is 23.7. The topological polar surface area (TPSA) is 214 Å². The third kappa shape index (κ3) is 19.4. The molecule has 3 aliphatic rings. The Morgan fingerprint density at radius 3 is 1.39 bits per heavy atom. The molecule has 0 aliphatic carbocycles. The van der Waals surface area contributed by atoms with Crippen LogP contribution in [-0.4, -0.2) is 139 Å². The number of anilines is 2. The zero-order chi connectivity index (χ0) is 56.5. The number of hydrogen-bond acceptors (Lipinski definition) is 17. The van der Waals surface area contributed by atoms with Crippen LogP contribution >= 0.6 is 34.6 Å². The number of ether oxygens (including phenoxy) is 2. The average Bonchev–Trinajstić information content (AvgIpc) is 4.22. The molecule has 9 rings (SSSR count). The molecule has 3 fully saturated rings. The van der Waals surface area contributed by atoms with Crippen LogP contribution in [0, 0.1) is 0 Å². The second kappa shape index (κ2) is 28.5. The van der Waals surface area contributed by atoms with Gasteiger partial charge in [0.15, 0.2) is 17.3 Å². The maximum Gasteiger partial charge on any atom is 0.412 e. The molecule has 79 heavy (non-hydrogen) atoms. The number of benzene rings is 3. The summed E-state index contributed by atoms with van der Waals surface area (Å²) in [5.74, 6) is 0.181. The SMILES string of the molecule is CC(C)(C)OC(=O)Nc1cc(C2CCCN(CC(=O)c3ccccc3)C2)ns1.CC(C)(C)OC(=O)Nc1sncc1C1CCCN(CC(=O)c2ccccc2)C1.O=C(CN1CCCC(c2cc(C(=O)O)sn2)C1)c1ccccc1. The van der Waals surface area contributed by atoms with Gasteiger partial charge in [0.05, 0.1) is 31.0 Å². The third-order valence-electron chi connectivity index (χ3n) is 13.3. The Bertz CT molecular complexity index is 2960. The first-order valence-corrected chi connectivity index (χ1v) is 29.1. The van der Waals surface area contributed by atoms with E-state index in [1.165, 1.54) is 23.1 Å². The van der Waals surface area contributed by atoms with Crippen LogP contribution in [0.4, 0.5) is 19.6 Å². The molecule has 0 radical (unpaired) electrons. The molecule has 3 unspecified atom stereocenters. The molecule has 20 heteroatoms. The maximum atomic E-state index is 12.5. The summed E-state index contributed by atoms with van der Waals surface area (Å²) in [5.41, 5.74) is 3.97. The number of Topliss-reactive ketones (excluding diaryl/α,β-unsaturated/α-hetero) is 3. The zero-order valence-electron chi connectivity index (χ0n) is 45.9. The molecule has 6 aromatic rings. The Morgan fingerprint density at radius 1 is 0.557 bits per heavy atom. The Balaban J connectivity index is 0.000000172. The first-order valence-electron chi connectivity index (χ1n) is 26.8. The molecule has 3 aromatic heterocycles. The number of ketones is 3. The van der Waals surface area contributed by atoms with Gasteiger partial charge in [-0.05, 0) is 146 Å². The Kier molecular flexibility index (Phi) is 21.7. The summed E-state index contributed by atoms with van der Waals surface area (Å²) in [6.45, 7) is 17.3. The van der Waals surface area contributed by atoms with Gasteiger partial charge in [-0.15, -0.1) is 0 Å². The fourth-order valence-corrected chi connectivity index (χ4v) is 11.7. The first-order chi connectivity index (χ1) is 37.7. The minimum Gasteiger partial charge on any atom is -0.477 e. The highest BCUT2D eigenvalue weighted by Crippen LogP contribution is 2.35. The number of carboxylic acids is 1. The zero-order valence-corrected chi connectivity index (χ0v) is 48.3. The van der Waals surface area contributed by atoms with Gasteiger partial charge in [-0.1, -0.05) is 91.0 Å². The predicted molar refractivity (Wildman–Crippen MR) is 311 cm³/mol. The molecule has 3 aromatic carbocycles. The fourth-order valence-electron chi connectivity index (χ4n) is 9.65. The monoisotopic (exact) mass is 1130 g/mol. The summed E-state index contributed by atoms with van der Waals surface area (Å²) in [6, 6.07) is 31.7. The van der Waals surface area contributed by atoms with Gasteiger partial charge in [0.2, 0.25) is 0 Å². The van der Waals surface area contributed by atoms with Gasteiger partial charge in [0, 0.05) is 65.8 Å². The van der Waals surface area contributed by atoms with E-state index in [0.717, 1.165) is 128 Å². The van der Waals surface area contributed by atoms with Gasteiger partial charge in [-0.2, -0.15) is 13.1 Å². The summed E-state index contributed by atoms with van der Waals surface area (Å²) in [7, 11) is 0. The van der Waals surface area contributed by atoms with Crippen LogP contribution in [0.25, 0.3) is 0 Å². The second-order valence-corrected chi connectivity index (χ2v) is 24.4. The lowest BCUT2D eigenvalue weighted by Crippen LogP contribution is -2.38.